The number of aromatic nitrogens is 1. The smallest absolute Gasteiger partial charge is 0.410 e. The summed E-state index contributed by atoms with van der Waals surface area (Å²) in [7, 11) is 0. The van der Waals surface area contributed by atoms with E-state index >= 15 is 0 Å². The number of hydrogen-bond donors (Lipinski definition) is 2. The van der Waals surface area contributed by atoms with Gasteiger partial charge in [0.25, 0.3) is 0 Å². The number of ether oxygens (including phenoxy) is 1. The molecule has 1 aliphatic heterocycles. The van der Waals surface area contributed by atoms with E-state index in [1.165, 1.54) is 0 Å². The number of nitrogens with one attached hydrogen (secondary N) is 1. The van der Waals surface area contributed by atoms with E-state index in [2.05, 4.69) is 11.1 Å². The molecule has 5 nitrogen and oxygen atoms in total. The Labute approximate surface area is 143 Å². The van der Waals surface area contributed by atoms with Crippen LogP contribution in [0.1, 0.15) is 45.7 Å². The van der Waals surface area contributed by atoms with E-state index in [1.807, 2.05) is 43.9 Å². The first-order valence-corrected chi connectivity index (χ1v) is 8.68. The van der Waals surface area contributed by atoms with Gasteiger partial charge in [0, 0.05) is 41.3 Å². The molecule has 3 N–H and O–H groups in total. The third kappa shape index (κ3) is 3.83. The highest BCUT2D eigenvalue weighted by molar-refractivity contribution is 5.83. The van der Waals surface area contributed by atoms with Crippen molar-refractivity contribution in [3.8, 4) is 0 Å². The SMILES string of the molecule is CC(C)(C)OC(=O)N1CCCCC1Cc1cc2cc(N)ccc2[nH]1. The van der Waals surface area contributed by atoms with Crippen molar-refractivity contribution in [3.05, 3.63) is 30.0 Å². The maximum atomic E-state index is 12.5. The molecule has 1 unspecified atom stereocenters. The Morgan fingerprint density at radius 2 is 2.12 bits per heavy atom. The van der Waals surface area contributed by atoms with E-state index in [4.69, 9.17) is 10.5 Å². The first kappa shape index (κ1) is 16.7. The second-order valence-corrected chi connectivity index (χ2v) is 7.67. The maximum absolute atomic E-state index is 12.5. The van der Waals surface area contributed by atoms with Crippen LogP contribution in [-0.2, 0) is 11.2 Å². The molecule has 130 valence electrons. The van der Waals surface area contributed by atoms with Crippen LogP contribution in [0.2, 0.25) is 0 Å². The minimum atomic E-state index is -0.461. The zero-order chi connectivity index (χ0) is 17.3. The van der Waals surface area contributed by atoms with Crippen molar-refractivity contribution < 1.29 is 9.53 Å². The molecule has 1 saturated heterocycles. The van der Waals surface area contributed by atoms with Gasteiger partial charge in [-0.05, 0) is 64.3 Å². The van der Waals surface area contributed by atoms with Gasteiger partial charge in [-0.3, -0.25) is 0 Å². The number of aromatic amines is 1. The minimum absolute atomic E-state index is 0.180. The van der Waals surface area contributed by atoms with Gasteiger partial charge < -0.3 is 20.4 Å². The van der Waals surface area contributed by atoms with Crippen LogP contribution in [0.5, 0.6) is 0 Å². The van der Waals surface area contributed by atoms with Crippen molar-refractivity contribution in [1.82, 2.24) is 9.88 Å². The highest BCUT2D eigenvalue weighted by Crippen LogP contribution is 2.25. The molecule has 0 bridgehead atoms. The molecule has 0 radical (unpaired) electrons. The number of carbonyl (C=O) groups is 1. The molecular weight excluding hydrogens is 302 g/mol. The molecule has 2 aromatic rings. The number of nitrogens with zero attached hydrogens (tertiary/aromatic N) is 1. The lowest BCUT2D eigenvalue weighted by Gasteiger charge is -2.36. The maximum Gasteiger partial charge on any atom is 0.410 e. The molecule has 1 amide bonds. The summed E-state index contributed by atoms with van der Waals surface area (Å²) in [6.45, 7) is 6.50. The number of likely N-dealkylation sites (tertiary alicyclic amines) is 1. The Morgan fingerprint density at radius 1 is 1.33 bits per heavy atom. The molecule has 5 heteroatoms. The number of carbonyl (C=O) groups excluding carboxylic acids is 1. The number of benzene rings is 1. The Kier molecular flexibility index (Phi) is 4.43. The Bertz CT molecular complexity index is 730. The highest BCUT2D eigenvalue weighted by atomic mass is 16.6. The molecule has 2 heterocycles. The summed E-state index contributed by atoms with van der Waals surface area (Å²) in [5.41, 5.74) is 8.38. The van der Waals surface area contributed by atoms with Crippen molar-refractivity contribution >= 4 is 22.7 Å². The number of anilines is 1. The molecule has 1 aliphatic rings. The predicted molar refractivity (Wildman–Crippen MR) is 97.0 cm³/mol. The lowest BCUT2D eigenvalue weighted by Crippen LogP contribution is -2.47. The molecule has 0 saturated carbocycles. The number of rotatable bonds is 2. The average Bonchev–Trinajstić information content (AvgIpc) is 2.87. The predicted octanol–water partition coefficient (Wildman–Crippen LogP) is 4.08. The molecule has 1 aromatic carbocycles. The van der Waals surface area contributed by atoms with Gasteiger partial charge in [0.1, 0.15) is 5.60 Å². The van der Waals surface area contributed by atoms with Crippen molar-refractivity contribution in [3.63, 3.8) is 0 Å². The molecule has 24 heavy (non-hydrogen) atoms. The van der Waals surface area contributed by atoms with Crippen LogP contribution in [-0.4, -0.2) is 34.2 Å². The van der Waals surface area contributed by atoms with Gasteiger partial charge in [0.15, 0.2) is 0 Å². The number of fused-ring (bicyclic) bond motifs is 1. The van der Waals surface area contributed by atoms with E-state index in [9.17, 15) is 4.79 Å². The topological polar surface area (TPSA) is 71.3 Å². The lowest BCUT2D eigenvalue weighted by atomic mass is 9.98. The van der Waals surface area contributed by atoms with Crippen molar-refractivity contribution in [2.75, 3.05) is 12.3 Å². The zero-order valence-corrected chi connectivity index (χ0v) is 14.8. The van der Waals surface area contributed by atoms with Gasteiger partial charge in [-0.2, -0.15) is 0 Å². The van der Waals surface area contributed by atoms with Crippen molar-refractivity contribution in [2.24, 2.45) is 0 Å². The van der Waals surface area contributed by atoms with Crippen molar-refractivity contribution in [2.45, 2.75) is 58.1 Å². The quantitative estimate of drug-likeness (QED) is 0.815. The first-order chi connectivity index (χ1) is 11.3. The second-order valence-electron chi connectivity index (χ2n) is 7.67. The third-order valence-electron chi connectivity index (χ3n) is 4.41. The van der Waals surface area contributed by atoms with Crippen LogP contribution in [0, 0.1) is 0 Å². The summed E-state index contributed by atoms with van der Waals surface area (Å²) in [6, 6.07) is 8.19. The fraction of sp³-hybridized carbons (Fsp3) is 0.526. The van der Waals surface area contributed by atoms with Gasteiger partial charge in [0.2, 0.25) is 0 Å². The highest BCUT2D eigenvalue weighted by Gasteiger charge is 2.30. The molecular formula is C19H27N3O2. The van der Waals surface area contributed by atoms with E-state index in [-0.39, 0.29) is 12.1 Å². The van der Waals surface area contributed by atoms with Gasteiger partial charge in [-0.15, -0.1) is 0 Å². The molecule has 3 rings (SSSR count). The van der Waals surface area contributed by atoms with Crippen LogP contribution >= 0.6 is 0 Å². The van der Waals surface area contributed by atoms with Gasteiger partial charge >= 0.3 is 6.09 Å². The average molecular weight is 329 g/mol. The number of amides is 1. The Hall–Kier alpha value is -2.17. The first-order valence-electron chi connectivity index (χ1n) is 8.68. The monoisotopic (exact) mass is 329 g/mol. The molecule has 1 aromatic heterocycles. The fourth-order valence-corrected chi connectivity index (χ4v) is 3.35. The zero-order valence-electron chi connectivity index (χ0n) is 14.8. The Morgan fingerprint density at radius 3 is 2.88 bits per heavy atom. The number of H-pyrrole nitrogens is 1. The Balaban J connectivity index is 1.76. The summed E-state index contributed by atoms with van der Waals surface area (Å²) in [6.07, 6.45) is 3.81. The summed E-state index contributed by atoms with van der Waals surface area (Å²) >= 11 is 0. The van der Waals surface area contributed by atoms with Gasteiger partial charge in [-0.25, -0.2) is 4.79 Å². The second kappa shape index (κ2) is 6.38. The van der Waals surface area contributed by atoms with Gasteiger partial charge in [-0.1, -0.05) is 0 Å². The summed E-state index contributed by atoms with van der Waals surface area (Å²) in [5, 5.41) is 1.12. The van der Waals surface area contributed by atoms with Crippen LogP contribution in [0.3, 0.4) is 0 Å². The number of nitrogens with two attached hydrogens (primary N) is 1. The van der Waals surface area contributed by atoms with E-state index in [0.29, 0.717) is 0 Å². The number of piperidine rings is 1. The molecule has 0 spiro atoms. The number of nitrogen functional groups attached to an aromatic ring is 1. The van der Waals surface area contributed by atoms with E-state index in [0.717, 1.165) is 54.5 Å². The van der Waals surface area contributed by atoms with Crippen LogP contribution in [0.4, 0.5) is 10.5 Å². The van der Waals surface area contributed by atoms with Crippen LogP contribution < -0.4 is 5.73 Å². The van der Waals surface area contributed by atoms with Crippen LogP contribution in [0.15, 0.2) is 24.3 Å². The van der Waals surface area contributed by atoms with Gasteiger partial charge in [0.05, 0.1) is 0 Å². The van der Waals surface area contributed by atoms with E-state index < -0.39 is 5.60 Å². The van der Waals surface area contributed by atoms with E-state index in [1.54, 1.807) is 0 Å². The number of hydrogen-bond acceptors (Lipinski definition) is 3. The van der Waals surface area contributed by atoms with Crippen LogP contribution in [0.25, 0.3) is 10.9 Å². The summed E-state index contributed by atoms with van der Waals surface area (Å²) < 4.78 is 5.58. The minimum Gasteiger partial charge on any atom is -0.444 e. The normalized spacial score (nSPS) is 18.8. The third-order valence-corrected chi connectivity index (χ3v) is 4.41. The summed E-state index contributed by atoms with van der Waals surface area (Å²) in [5.74, 6) is 0. The van der Waals surface area contributed by atoms with Crippen molar-refractivity contribution in [1.29, 1.82) is 0 Å². The summed E-state index contributed by atoms with van der Waals surface area (Å²) in [4.78, 5) is 17.8. The molecule has 1 atom stereocenters. The molecule has 0 aliphatic carbocycles. The standard InChI is InChI=1S/C19H27N3O2/c1-19(2,3)24-18(23)22-9-5-4-6-16(22)12-15-11-13-10-14(20)7-8-17(13)21-15/h7-8,10-11,16,21H,4-6,9,12,20H2,1-3H3. The lowest BCUT2D eigenvalue weighted by molar-refractivity contribution is 0.00987. The fourth-order valence-electron chi connectivity index (χ4n) is 3.35. The molecule has 1 fully saturated rings. The largest absolute Gasteiger partial charge is 0.444 e.